The van der Waals surface area contributed by atoms with Crippen LogP contribution in [0.5, 0.6) is 0 Å². The van der Waals surface area contributed by atoms with E-state index < -0.39 is 17.1 Å². The smallest absolute Gasteiger partial charge is 0.252 e. The van der Waals surface area contributed by atoms with Crippen molar-refractivity contribution in [3.8, 4) is 0 Å². The molecule has 0 saturated carbocycles. The molecule has 0 aromatic rings. The zero-order valence-electron chi connectivity index (χ0n) is 10.4. The SMILES string of the molecule is C=CC(=O)N(CCN1C(=O)CC(SS)C1=O)C(C)=O. The van der Waals surface area contributed by atoms with Gasteiger partial charge < -0.3 is 0 Å². The maximum absolute atomic E-state index is 11.8. The lowest BCUT2D eigenvalue weighted by Crippen LogP contribution is -2.42. The fourth-order valence-electron chi connectivity index (χ4n) is 1.70. The van der Waals surface area contributed by atoms with Crippen molar-refractivity contribution in [1.29, 1.82) is 0 Å². The van der Waals surface area contributed by atoms with Crippen LogP contribution in [-0.4, -0.2) is 51.8 Å². The van der Waals surface area contributed by atoms with Crippen molar-refractivity contribution in [2.75, 3.05) is 13.1 Å². The third-order valence-electron chi connectivity index (χ3n) is 2.70. The van der Waals surface area contributed by atoms with Gasteiger partial charge in [-0.3, -0.25) is 29.0 Å². The molecule has 0 aliphatic carbocycles. The first-order valence-electron chi connectivity index (χ1n) is 5.51. The Balaban J connectivity index is 2.67. The van der Waals surface area contributed by atoms with Crippen molar-refractivity contribution in [2.45, 2.75) is 18.6 Å². The van der Waals surface area contributed by atoms with Crippen LogP contribution in [0.1, 0.15) is 13.3 Å². The van der Waals surface area contributed by atoms with Crippen molar-refractivity contribution in [2.24, 2.45) is 0 Å². The van der Waals surface area contributed by atoms with Gasteiger partial charge in [-0.2, -0.15) is 0 Å². The second kappa shape index (κ2) is 6.76. The van der Waals surface area contributed by atoms with Crippen molar-refractivity contribution >= 4 is 46.1 Å². The third kappa shape index (κ3) is 3.60. The second-order valence-corrected chi connectivity index (χ2v) is 5.31. The summed E-state index contributed by atoms with van der Waals surface area (Å²) in [7, 11) is 1.02. The van der Waals surface area contributed by atoms with Gasteiger partial charge in [-0.15, -0.1) is 11.7 Å². The van der Waals surface area contributed by atoms with Crippen LogP contribution in [0.15, 0.2) is 12.7 Å². The summed E-state index contributed by atoms with van der Waals surface area (Å²) >= 11 is 3.93. The standard InChI is InChI=1S/C11H14N2O4S2/c1-3-9(15)12(7(2)14)4-5-13-10(16)6-8(19-18)11(13)17/h3,8,18H,1,4-6H2,2H3. The molecule has 0 aromatic carbocycles. The number of likely N-dealkylation sites (tertiary alicyclic amines) is 1. The summed E-state index contributed by atoms with van der Waals surface area (Å²) in [5, 5.41) is -0.489. The Hall–Kier alpha value is -1.28. The molecule has 1 fully saturated rings. The van der Waals surface area contributed by atoms with Crippen molar-refractivity contribution in [1.82, 2.24) is 9.80 Å². The Morgan fingerprint density at radius 1 is 1.58 bits per heavy atom. The highest BCUT2D eigenvalue weighted by Gasteiger charge is 2.38. The van der Waals surface area contributed by atoms with E-state index >= 15 is 0 Å². The Bertz CT molecular complexity index is 438. The first kappa shape index (κ1) is 15.8. The van der Waals surface area contributed by atoms with Crippen molar-refractivity contribution < 1.29 is 19.2 Å². The predicted octanol–water partition coefficient (Wildman–Crippen LogP) is 0.253. The van der Waals surface area contributed by atoms with Crippen LogP contribution in [0, 0.1) is 0 Å². The van der Waals surface area contributed by atoms with Crippen LogP contribution in [0.25, 0.3) is 0 Å². The van der Waals surface area contributed by atoms with E-state index in [1.807, 2.05) is 0 Å². The molecular formula is C11H14N2O4S2. The van der Waals surface area contributed by atoms with Crippen LogP contribution in [0.2, 0.25) is 0 Å². The lowest BCUT2D eigenvalue weighted by atomic mass is 10.4. The van der Waals surface area contributed by atoms with Gasteiger partial charge >= 0.3 is 0 Å². The summed E-state index contributed by atoms with van der Waals surface area (Å²) < 4.78 is 0. The Morgan fingerprint density at radius 3 is 2.63 bits per heavy atom. The highest BCUT2D eigenvalue weighted by Crippen LogP contribution is 2.27. The number of nitrogens with zero attached hydrogens (tertiary/aromatic N) is 2. The summed E-state index contributed by atoms with van der Waals surface area (Å²) in [4.78, 5) is 48.1. The summed E-state index contributed by atoms with van der Waals surface area (Å²) in [5.41, 5.74) is 0. The second-order valence-electron chi connectivity index (χ2n) is 3.89. The predicted molar refractivity (Wildman–Crippen MR) is 74.3 cm³/mol. The minimum Gasteiger partial charge on any atom is -0.280 e. The Kier molecular flexibility index (Phi) is 5.61. The Labute approximate surface area is 120 Å². The van der Waals surface area contributed by atoms with Gasteiger partial charge in [0.15, 0.2) is 0 Å². The summed E-state index contributed by atoms with van der Waals surface area (Å²) in [5.74, 6) is -1.65. The number of carbonyl (C=O) groups excluding carboxylic acids is 4. The van der Waals surface area contributed by atoms with Gasteiger partial charge in [0, 0.05) is 26.4 Å². The van der Waals surface area contributed by atoms with E-state index in [0.717, 1.165) is 26.7 Å². The molecule has 4 amide bonds. The van der Waals surface area contributed by atoms with E-state index in [9.17, 15) is 19.2 Å². The Morgan fingerprint density at radius 2 is 2.21 bits per heavy atom. The van der Waals surface area contributed by atoms with Gasteiger partial charge in [-0.1, -0.05) is 17.4 Å². The summed E-state index contributed by atoms with van der Waals surface area (Å²) in [6.07, 6.45) is 1.11. The molecule has 1 aliphatic heterocycles. The fourth-order valence-corrected chi connectivity index (χ4v) is 2.63. The maximum Gasteiger partial charge on any atom is 0.252 e. The molecule has 1 unspecified atom stereocenters. The van der Waals surface area contributed by atoms with E-state index in [0.29, 0.717) is 0 Å². The molecule has 0 aromatic heterocycles. The largest absolute Gasteiger partial charge is 0.280 e. The molecule has 0 bridgehead atoms. The first-order valence-corrected chi connectivity index (χ1v) is 7.44. The van der Waals surface area contributed by atoms with Crippen LogP contribution >= 0.6 is 22.5 Å². The zero-order valence-corrected chi connectivity index (χ0v) is 12.1. The van der Waals surface area contributed by atoms with Gasteiger partial charge in [-0.25, -0.2) is 0 Å². The normalized spacial score (nSPS) is 18.6. The van der Waals surface area contributed by atoms with Gasteiger partial charge in [0.05, 0.1) is 0 Å². The van der Waals surface area contributed by atoms with Gasteiger partial charge in [0.2, 0.25) is 17.7 Å². The lowest BCUT2D eigenvalue weighted by molar-refractivity contribution is -0.144. The summed E-state index contributed by atoms with van der Waals surface area (Å²) in [6.45, 7) is 4.51. The van der Waals surface area contributed by atoms with E-state index in [1.54, 1.807) is 0 Å². The number of imide groups is 2. The first-order chi connectivity index (χ1) is 8.92. The zero-order chi connectivity index (χ0) is 14.6. The van der Waals surface area contributed by atoms with Crippen LogP contribution in [0.3, 0.4) is 0 Å². The number of rotatable bonds is 5. The van der Waals surface area contributed by atoms with Gasteiger partial charge in [-0.05, 0) is 6.08 Å². The molecule has 0 radical (unpaired) electrons. The number of amides is 4. The average molecular weight is 302 g/mol. The molecule has 1 aliphatic rings. The van der Waals surface area contributed by atoms with E-state index in [1.165, 1.54) is 6.92 Å². The number of hydrogen-bond donors (Lipinski definition) is 1. The van der Waals surface area contributed by atoms with Crippen LogP contribution in [-0.2, 0) is 19.2 Å². The van der Waals surface area contributed by atoms with Gasteiger partial charge in [0.1, 0.15) is 5.25 Å². The number of hydrogen-bond acceptors (Lipinski definition) is 6. The van der Waals surface area contributed by atoms with E-state index in [4.69, 9.17) is 0 Å². The van der Waals surface area contributed by atoms with Gasteiger partial charge in [0.25, 0.3) is 5.91 Å². The lowest BCUT2D eigenvalue weighted by Gasteiger charge is -2.21. The average Bonchev–Trinajstić information content (AvgIpc) is 2.64. The molecule has 1 heterocycles. The molecule has 19 heavy (non-hydrogen) atoms. The highest BCUT2D eigenvalue weighted by atomic mass is 33.1. The number of carbonyl (C=O) groups is 4. The molecule has 104 valence electrons. The highest BCUT2D eigenvalue weighted by molar-refractivity contribution is 8.69. The molecule has 1 rings (SSSR count). The quantitative estimate of drug-likeness (QED) is 0.341. The maximum atomic E-state index is 11.8. The molecule has 0 N–H and O–H groups in total. The summed E-state index contributed by atoms with van der Waals surface area (Å²) in [6, 6.07) is 0. The minimum absolute atomic E-state index is 0.00165. The van der Waals surface area contributed by atoms with Crippen molar-refractivity contribution in [3.05, 3.63) is 12.7 Å². The molecule has 0 spiro atoms. The van der Waals surface area contributed by atoms with Crippen LogP contribution in [0.4, 0.5) is 0 Å². The molecule has 6 nitrogen and oxygen atoms in total. The molecular weight excluding hydrogens is 288 g/mol. The van der Waals surface area contributed by atoms with Crippen molar-refractivity contribution in [3.63, 3.8) is 0 Å². The fraction of sp³-hybridized carbons (Fsp3) is 0.455. The topological polar surface area (TPSA) is 74.8 Å². The third-order valence-corrected chi connectivity index (χ3v) is 4.08. The molecule has 1 atom stereocenters. The van der Waals surface area contributed by atoms with Crippen LogP contribution < -0.4 is 0 Å². The number of thiol groups is 1. The molecule has 8 heteroatoms. The van der Waals surface area contributed by atoms with E-state index in [-0.39, 0.29) is 31.3 Å². The monoisotopic (exact) mass is 302 g/mol. The molecule has 1 saturated heterocycles. The van der Waals surface area contributed by atoms with E-state index in [2.05, 4.69) is 18.2 Å². The minimum atomic E-state index is -0.549.